The van der Waals surface area contributed by atoms with E-state index in [9.17, 15) is 0 Å². The lowest BCUT2D eigenvalue weighted by Gasteiger charge is -2.27. The molecule has 4 nitrogen and oxygen atoms in total. The Morgan fingerprint density at radius 1 is 1.50 bits per heavy atom. The van der Waals surface area contributed by atoms with E-state index in [2.05, 4.69) is 28.8 Å². The van der Waals surface area contributed by atoms with Crippen molar-refractivity contribution in [2.45, 2.75) is 51.6 Å². The maximum atomic E-state index is 8.15. The minimum Gasteiger partial charge on any atom is -0.298 e. The van der Waals surface area contributed by atoms with Crippen LogP contribution in [-0.4, -0.2) is 30.1 Å². The van der Waals surface area contributed by atoms with E-state index in [0.29, 0.717) is 12.6 Å². The zero-order valence-electron chi connectivity index (χ0n) is 9.19. The molecule has 2 atom stereocenters. The Kier molecular flexibility index (Phi) is 4.77. The fraction of sp³-hybridized carbons (Fsp3) is 1.00. The molecule has 0 amide bonds. The highest BCUT2D eigenvalue weighted by molar-refractivity contribution is 4.84. The van der Waals surface area contributed by atoms with Gasteiger partial charge in [-0.05, 0) is 44.7 Å². The molecule has 2 unspecified atom stereocenters. The minimum absolute atomic E-state index is 0.635. The summed E-state index contributed by atoms with van der Waals surface area (Å²) in [6.45, 7) is 6.27. The van der Waals surface area contributed by atoms with Crippen LogP contribution in [0, 0.1) is 0 Å². The van der Waals surface area contributed by atoms with Crippen molar-refractivity contribution in [3.8, 4) is 0 Å². The number of likely N-dealkylation sites (tertiary alicyclic amines) is 1. The Hall–Kier alpha value is -0.730. The molecule has 14 heavy (non-hydrogen) atoms. The van der Waals surface area contributed by atoms with E-state index in [1.807, 2.05) is 0 Å². The van der Waals surface area contributed by atoms with Gasteiger partial charge in [-0.25, -0.2) is 0 Å². The average molecular weight is 196 g/mol. The molecule has 1 fully saturated rings. The van der Waals surface area contributed by atoms with Crippen molar-refractivity contribution in [1.82, 2.24) is 4.90 Å². The lowest BCUT2D eigenvalue weighted by Crippen LogP contribution is -2.35. The van der Waals surface area contributed by atoms with Crippen molar-refractivity contribution >= 4 is 0 Å². The van der Waals surface area contributed by atoms with Crippen LogP contribution in [0.15, 0.2) is 5.11 Å². The Morgan fingerprint density at radius 3 is 2.93 bits per heavy atom. The van der Waals surface area contributed by atoms with Gasteiger partial charge in [-0.1, -0.05) is 12.0 Å². The summed E-state index contributed by atoms with van der Waals surface area (Å²) in [6.07, 6.45) is 4.88. The Bertz CT molecular complexity index is 210. The van der Waals surface area contributed by atoms with Crippen molar-refractivity contribution in [3.05, 3.63) is 10.4 Å². The zero-order valence-corrected chi connectivity index (χ0v) is 9.19. The van der Waals surface area contributed by atoms with E-state index in [-0.39, 0.29) is 0 Å². The van der Waals surface area contributed by atoms with Crippen molar-refractivity contribution in [2.24, 2.45) is 5.11 Å². The molecule has 0 aromatic heterocycles. The monoisotopic (exact) mass is 196 g/mol. The van der Waals surface area contributed by atoms with E-state index >= 15 is 0 Å². The molecule has 0 aliphatic carbocycles. The lowest BCUT2D eigenvalue weighted by molar-refractivity contribution is 0.197. The molecule has 0 aromatic carbocycles. The Morgan fingerprint density at radius 2 is 2.29 bits per heavy atom. The van der Waals surface area contributed by atoms with Gasteiger partial charge >= 0.3 is 0 Å². The van der Waals surface area contributed by atoms with Gasteiger partial charge in [0.1, 0.15) is 0 Å². The number of hydrogen-bond acceptors (Lipinski definition) is 2. The second kappa shape index (κ2) is 5.89. The smallest absolute Gasteiger partial charge is 0.0270 e. The first-order valence-corrected chi connectivity index (χ1v) is 5.56. The fourth-order valence-corrected chi connectivity index (χ4v) is 2.34. The summed E-state index contributed by atoms with van der Waals surface area (Å²) in [5.41, 5.74) is 8.15. The van der Waals surface area contributed by atoms with Crippen molar-refractivity contribution in [1.29, 1.82) is 0 Å². The average Bonchev–Trinajstić information content (AvgIpc) is 2.55. The predicted molar refractivity (Wildman–Crippen MR) is 58.1 cm³/mol. The largest absolute Gasteiger partial charge is 0.298 e. The van der Waals surface area contributed by atoms with E-state index in [1.165, 1.54) is 19.3 Å². The van der Waals surface area contributed by atoms with Gasteiger partial charge in [0.15, 0.2) is 0 Å². The van der Waals surface area contributed by atoms with Gasteiger partial charge in [-0.15, -0.1) is 0 Å². The Labute approximate surface area is 85.9 Å². The standard InChI is InChI=1S/C10H20N4/c1-3-10-6-5-9(2)14(10)8-4-7-12-13-11/h9-10H,3-8H2,1-2H3. The Balaban J connectivity index is 2.29. The van der Waals surface area contributed by atoms with Gasteiger partial charge in [-0.2, -0.15) is 0 Å². The molecule has 1 aliphatic heterocycles. The van der Waals surface area contributed by atoms with Crippen molar-refractivity contribution < 1.29 is 0 Å². The highest BCUT2D eigenvalue weighted by atomic mass is 15.2. The van der Waals surface area contributed by atoms with Crippen molar-refractivity contribution in [3.63, 3.8) is 0 Å². The second-order valence-corrected chi connectivity index (χ2v) is 4.03. The molecule has 1 heterocycles. The first kappa shape index (κ1) is 11.3. The third-order valence-electron chi connectivity index (χ3n) is 3.16. The van der Waals surface area contributed by atoms with Crippen LogP contribution in [0.1, 0.15) is 39.5 Å². The van der Waals surface area contributed by atoms with Crippen LogP contribution in [0.5, 0.6) is 0 Å². The maximum Gasteiger partial charge on any atom is 0.0270 e. The summed E-state index contributed by atoms with van der Waals surface area (Å²) in [6, 6.07) is 1.47. The molecular formula is C10H20N4. The van der Waals surface area contributed by atoms with Crippen LogP contribution in [0.4, 0.5) is 0 Å². The summed E-state index contributed by atoms with van der Waals surface area (Å²) in [5.74, 6) is 0. The van der Waals surface area contributed by atoms with Gasteiger partial charge in [0.05, 0.1) is 0 Å². The van der Waals surface area contributed by atoms with Crippen molar-refractivity contribution in [2.75, 3.05) is 13.1 Å². The third-order valence-corrected chi connectivity index (χ3v) is 3.16. The van der Waals surface area contributed by atoms with Crippen LogP contribution in [0.2, 0.25) is 0 Å². The summed E-state index contributed by atoms with van der Waals surface area (Å²) >= 11 is 0. The quantitative estimate of drug-likeness (QED) is 0.288. The molecule has 1 aliphatic rings. The number of hydrogen-bond donors (Lipinski definition) is 0. The zero-order chi connectivity index (χ0) is 10.4. The molecule has 80 valence electrons. The normalized spacial score (nSPS) is 27.6. The molecule has 0 saturated carbocycles. The van der Waals surface area contributed by atoms with Crippen LogP contribution in [0.25, 0.3) is 10.4 Å². The maximum absolute atomic E-state index is 8.15. The summed E-state index contributed by atoms with van der Waals surface area (Å²) in [7, 11) is 0. The molecule has 0 spiro atoms. The van der Waals surface area contributed by atoms with Crippen LogP contribution in [0.3, 0.4) is 0 Å². The van der Waals surface area contributed by atoms with Gasteiger partial charge in [0.25, 0.3) is 0 Å². The topological polar surface area (TPSA) is 52.0 Å². The van der Waals surface area contributed by atoms with E-state index in [4.69, 9.17) is 5.53 Å². The highest BCUT2D eigenvalue weighted by Gasteiger charge is 2.28. The molecule has 1 rings (SSSR count). The summed E-state index contributed by atoms with van der Waals surface area (Å²) in [4.78, 5) is 5.33. The minimum atomic E-state index is 0.635. The molecule has 1 saturated heterocycles. The summed E-state index contributed by atoms with van der Waals surface area (Å²) in [5, 5.41) is 3.56. The molecule has 4 heteroatoms. The van der Waals surface area contributed by atoms with E-state index < -0.39 is 0 Å². The number of rotatable bonds is 5. The first-order chi connectivity index (χ1) is 6.79. The number of azide groups is 1. The van der Waals surface area contributed by atoms with Crippen LogP contribution < -0.4 is 0 Å². The van der Waals surface area contributed by atoms with E-state index in [1.54, 1.807) is 0 Å². The SMILES string of the molecule is CCC1CCC(C)N1CCCN=[N+]=[N-]. The van der Waals surface area contributed by atoms with E-state index in [0.717, 1.165) is 19.0 Å². The highest BCUT2D eigenvalue weighted by Crippen LogP contribution is 2.25. The van der Waals surface area contributed by atoms with Gasteiger partial charge in [0.2, 0.25) is 0 Å². The van der Waals surface area contributed by atoms with Crippen LogP contribution >= 0.6 is 0 Å². The molecule has 0 N–H and O–H groups in total. The first-order valence-electron chi connectivity index (χ1n) is 5.56. The predicted octanol–water partition coefficient (Wildman–Crippen LogP) is 2.95. The molecule has 0 aromatic rings. The molecule has 0 radical (unpaired) electrons. The molecule has 0 bridgehead atoms. The molecular weight excluding hydrogens is 176 g/mol. The lowest BCUT2D eigenvalue weighted by atomic mass is 10.1. The summed E-state index contributed by atoms with van der Waals surface area (Å²) < 4.78 is 0. The van der Waals surface area contributed by atoms with Gasteiger partial charge in [-0.3, -0.25) is 4.90 Å². The third kappa shape index (κ3) is 2.89. The second-order valence-electron chi connectivity index (χ2n) is 4.03. The number of nitrogens with zero attached hydrogens (tertiary/aromatic N) is 4. The fourth-order valence-electron chi connectivity index (χ4n) is 2.34. The van der Waals surface area contributed by atoms with Gasteiger partial charge < -0.3 is 0 Å². The van der Waals surface area contributed by atoms with Crippen LogP contribution in [-0.2, 0) is 0 Å². The van der Waals surface area contributed by atoms with Gasteiger partial charge in [0, 0.05) is 23.5 Å².